The Kier molecular flexibility index (Phi) is 6.82. The molecule has 1 N–H and O–H groups in total. The molecule has 6 nitrogen and oxygen atoms in total. The van der Waals surface area contributed by atoms with Gasteiger partial charge in [-0.25, -0.2) is 0 Å². The Hall–Kier alpha value is -2.51. The average Bonchev–Trinajstić information content (AvgIpc) is 2.91. The Bertz CT molecular complexity index is 942. The third-order valence-electron chi connectivity index (χ3n) is 4.51. The van der Waals surface area contributed by atoms with E-state index in [0.29, 0.717) is 29.8 Å². The minimum absolute atomic E-state index is 0.136. The van der Waals surface area contributed by atoms with Crippen LogP contribution >= 0.6 is 15.9 Å². The molecule has 0 radical (unpaired) electrons. The molecule has 0 aromatic heterocycles. The number of hydrogen-bond donors (Lipinski definition) is 1. The summed E-state index contributed by atoms with van der Waals surface area (Å²) in [7, 11) is 0. The molecule has 2 aromatic rings. The Morgan fingerprint density at radius 1 is 1.10 bits per heavy atom. The molecular formula is C22H23BrN2O4. The van der Waals surface area contributed by atoms with E-state index in [1.807, 2.05) is 38.1 Å². The number of carbonyl (C=O) groups excluding carboxylic acids is 3. The van der Waals surface area contributed by atoms with Crippen LogP contribution in [0, 0.1) is 0 Å². The first-order valence-electron chi connectivity index (χ1n) is 9.51. The Balaban J connectivity index is 1.50. The lowest BCUT2D eigenvalue weighted by Crippen LogP contribution is -2.31. The predicted octanol–water partition coefficient (Wildman–Crippen LogP) is 4.39. The number of halogens is 1. The fourth-order valence-electron chi connectivity index (χ4n) is 3.09. The molecule has 3 rings (SSSR count). The van der Waals surface area contributed by atoms with Crippen molar-refractivity contribution in [2.75, 3.05) is 11.9 Å². The molecule has 2 aromatic carbocycles. The SMILES string of the molecule is CC(C)OCc1cccc(NC(=O)CCCN2C(=O)c3ccc(Br)cc3C2=O)c1. The van der Waals surface area contributed by atoms with Crippen LogP contribution in [0.15, 0.2) is 46.9 Å². The normalized spacial score (nSPS) is 13.2. The molecule has 0 fully saturated rings. The lowest BCUT2D eigenvalue weighted by Gasteiger charge is -2.13. The number of benzene rings is 2. The van der Waals surface area contributed by atoms with E-state index in [4.69, 9.17) is 4.74 Å². The van der Waals surface area contributed by atoms with E-state index in [0.717, 1.165) is 10.0 Å². The summed E-state index contributed by atoms with van der Waals surface area (Å²) in [6.45, 7) is 4.63. The van der Waals surface area contributed by atoms with Gasteiger partial charge in [0.25, 0.3) is 11.8 Å². The van der Waals surface area contributed by atoms with Crippen LogP contribution in [0.1, 0.15) is 53.0 Å². The van der Waals surface area contributed by atoms with Crippen molar-refractivity contribution in [1.82, 2.24) is 4.90 Å². The summed E-state index contributed by atoms with van der Waals surface area (Å²) in [6.07, 6.45) is 0.745. The highest BCUT2D eigenvalue weighted by Crippen LogP contribution is 2.26. The van der Waals surface area contributed by atoms with Gasteiger partial charge >= 0.3 is 0 Å². The van der Waals surface area contributed by atoms with Crippen molar-refractivity contribution >= 4 is 39.3 Å². The monoisotopic (exact) mass is 458 g/mol. The number of ether oxygens (including phenoxy) is 1. The van der Waals surface area contributed by atoms with Crippen molar-refractivity contribution in [1.29, 1.82) is 0 Å². The summed E-state index contributed by atoms with van der Waals surface area (Å²) in [5.74, 6) is -0.786. The third-order valence-corrected chi connectivity index (χ3v) is 5.01. The summed E-state index contributed by atoms with van der Waals surface area (Å²) in [5.41, 5.74) is 2.48. The van der Waals surface area contributed by atoms with Crippen molar-refractivity contribution < 1.29 is 19.1 Å². The number of carbonyl (C=O) groups is 3. The second kappa shape index (κ2) is 9.33. The number of amides is 3. The highest BCUT2D eigenvalue weighted by molar-refractivity contribution is 9.10. The molecule has 0 saturated carbocycles. The highest BCUT2D eigenvalue weighted by atomic mass is 79.9. The van der Waals surface area contributed by atoms with E-state index in [1.54, 1.807) is 18.2 Å². The van der Waals surface area contributed by atoms with E-state index in [9.17, 15) is 14.4 Å². The number of fused-ring (bicyclic) bond motifs is 1. The van der Waals surface area contributed by atoms with Gasteiger partial charge in [-0.2, -0.15) is 0 Å². The molecule has 152 valence electrons. The number of nitrogens with one attached hydrogen (secondary N) is 1. The Labute approximate surface area is 178 Å². The largest absolute Gasteiger partial charge is 0.374 e. The van der Waals surface area contributed by atoms with Crippen molar-refractivity contribution in [2.24, 2.45) is 0 Å². The molecule has 1 heterocycles. The number of rotatable bonds is 8. The van der Waals surface area contributed by atoms with E-state index in [2.05, 4.69) is 21.2 Å². The van der Waals surface area contributed by atoms with Gasteiger partial charge in [-0.05, 0) is 56.2 Å². The molecule has 0 unspecified atom stereocenters. The van der Waals surface area contributed by atoms with Crippen molar-refractivity contribution in [3.8, 4) is 0 Å². The van der Waals surface area contributed by atoms with Crippen molar-refractivity contribution in [2.45, 2.75) is 39.4 Å². The summed E-state index contributed by atoms with van der Waals surface area (Å²) >= 11 is 3.31. The van der Waals surface area contributed by atoms with Crippen LogP contribution in [0.4, 0.5) is 5.69 Å². The van der Waals surface area contributed by atoms with Crippen LogP contribution in [0.3, 0.4) is 0 Å². The first-order chi connectivity index (χ1) is 13.8. The maximum atomic E-state index is 12.4. The molecule has 0 atom stereocenters. The van der Waals surface area contributed by atoms with Crippen LogP contribution in [-0.4, -0.2) is 35.3 Å². The molecular weight excluding hydrogens is 436 g/mol. The van der Waals surface area contributed by atoms with Gasteiger partial charge in [-0.15, -0.1) is 0 Å². The summed E-state index contributed by atoms with van der Waals surface area (Å²) in [5, 5.41) is 2.85. The second-order valence-electron chi connectivity index (χ2n) is 7.16. The number of hydrogen-bond acceptors (Lipinski definition) is 4. The zero-order chi connectivity index (χ0) is 21.0. The third kappa shape index (κ3) is 5.31. The molecule has 0 aliphatic carbocycles. The van der Waals surface area contributed by atoms with Gasteiger partial charge in [0.05, 0.1) is 23.8 Å². The standard InChI is InChI=1S/C22H23BrN2O4/c1-14(2)29-13-15-5-3-6-17(11-15)24-20(26)7-4-10-25-21(27)18-9-8-16(23)12-19(18)22(25)28/h3,5-6,8-9,11-12,14H,4,7,10,13H2,1-2H3,(H,24,26). The second-order valence-corrected chi connectivity index (χ2v) is 8.08. The zero-order valence-electron chi connectivity index (χ0n) is 16.4. The van der Waals surface area contributed by atoms with Crippen LogP contribution in [0.5, 0.6) is 0 Å². The quantitative estimate of drug-likeness (QED) is 0.595. The first-order valence-corrected chi connectivity index (χ1v) is 10.3. The Morgan fingerprint density at radius 3 is 2.62 bits per heavy atom. The molecule has 0 spiro atoms. The molecule has 0 saturated heterocycles. The minimum atomic E-state index is -0.315. The molecule has 7 heteroatoms. The van der Waals surface area contributed by atoms with Gasteiger partial charge in [0, 0.05) is 23.1 Å². The predicted molar refractivity (Wildman–Crippen MR) is 114 cm³/mol. The van der Waals surface area contributed by atoms with E-state index in [1.165, 1.54) is 4.90 Å². The number of anilines is 1. The van der Waals surface area contributed by atoms with E-state index in [-0.39, 0.29) is 36.8 Å². The molecule has 1 aliphatic heterocycles. The maximum absolute atomic E-state index is 12.4. The lowest BCUT2D eigenvalue weighted by atomic mass is 10.1. The van der Waals surface area contributed by atoms with Gasteiger partial charge < -0.3 is 10.1 Å². The first kappa shape index (κ1) is 21.2. The van der Waals surface area contributed by atoms with E-state index >= 15 is 0 Å². The number of imide groups is 1. The van der Waals surface area contributed by atoms with Gasteiger partial charge in [0.15, 0.2) is 0 Å². The van der Waals surface area contributed by atoms with Crippen LogP contribution in [0.2, 0.25) is 0 Å². The average molecular weight is 459 g/mol. The maximum Gasteiger partial charge on any atom is 0.261 e. The highest BCUT2D eigenvalue weighted by Gasteiger charge is 2.35. The van der Waals surface area contributed by atoms with Crippen LogP contribution in [-0.2, 0) is 16.1 Å². The molecule has 1 aliphatic rings. The van der Waals surface area contributed by atoms with Gasteiger partial charge in [-0.3, -0.25) is 19.3 Å². The van der Waals surface area contributed by atoms with Crippen LogP contribution < -0.4 is 5.32 Å². The smallest absolute Gasteiger partial charge is 0.261 e. The molecule has 29 heavy (non-hydrogen) atoms. The summed E-state index contributed by atoms with van der Waals surface area (Å²) in [6, 6.07) is 12.5. The molecule has 0 bridgehead atoms. The van der Waals surface area contributed by atoms with Gasteiger partial charge in [0.2, 0.25) is 5.91 Å². The van der Waals surface area contributed by atoms with Gasteiger partial charge in [-0.1, -0.05) is 28.1 Å². The van der Waals surface area contributed by atoms with E-state index < -0.39 is 0 Å². The topological polar surface area (TPSA) is 75.7 Å². The van der Waals surface area contributed by atoms with Gasteiger partial charge in [0.1, 0.15) is 0 Å². The van der Waals surface area contributed by atoms with Crippen molar-refractivity contribution in [3.63, 3.8) is 0 Å². The zero-order valence-corrected chi connectivity index (χ0v) is 18.0. The summed E-state index contributed by atoms with van der Waals surface area (Å²) < 4.78 is 6.33. The lowest BCUT2D eigenvalue weighted by molar-refractivity contribution is -0.116. The van der Waals surface area contributed by atoms with Crippen molar-refractivity contribution in [3.05, 3.63) is 63.6 Å². The minimum Gasteiger partial charge on any atom is -0.374 e. The number of nitrogens with zero attached hydrogens (tertiary/aromatic N) is 1. The molecule has 3 amide bonds. The fourth-order valence-corrected chi connectivity index (χ4v) is 3.45. The summed E-state index contributed by atoms with van der Waals surface area (Å²) in [4.78, 5) is 38.3. The fraction of sp³-hybridized carbons (Fsp3) is 0.318. The Morgan fingerprint density at radius 2 is 1.86 bits per heavy atom. The van der Waals surface area contributed by atoms with Crippen LogP contribution in [0.25, 0.3) is 0 Å².